The maximum Gasteiger partial charge on any atom is 0.345 e. The molecule has 2 heterocycles. The van der Waals surface area contributed by atoms with Crippen molar-refractivity contribution >= 4 is 5.96 Å². The van der Waals surface area contributed by atoms with Crippen LogP contribution in [0.5, 0.6) is 0 Å². The Labute approximate surface area is 162 Å². The minimum atomic E-state index is 0.0304. The lowest BCUT2D eigenvalue weighted by Crippen LogP contribution is -2.40. The molecule has 0 amide bonds. The number of aliphatic imine (C=N–C) groups is 1. The van der Waals surface area contributed by atoms with Gasteiger partial charge >= 0.3 is 5.69 Å². The second-order valence-electron chi connectivity index (χ2n) is 7.34. The van der Waals surface area contributed by atoms with Gasteiger partial charge in [-0.15, -0.1) is 0 Å². The molecule has 0 saturated heterocycles. The summed E-state index contributed by atoms with van der Waals surface area (Å²) in [4.78, 5) is 16.6. The Morgan fingerprint density at radius 3 is 2.74 bits per heavy atom. The van der Waals surface area contributed by atoms with Gasteiger partial charge in [0.2, 0.25) is 0 Å². The topological polar surface area (TPSA) is 85.5 Å². The van der Waals surface area contributed by atoms with Gasteiger partial charge in [0, 0.05) is 46.3 Å². The van der Waals surface area contributed by atoms with E-state index in [4.69, 9.17) is 4.74 Å². The van der Waals surface area contributed by atoms with Crippen LogP contribution in [0.15, 0.2) is 9.79 Å². The number of aromatic nitrogens is 3. The van der Waals surface area contributed by atoms with E-state index in [9.17, 15) is 4.79 Å². The molecule has 154 valence electrons. The SMILES string of the molecule is CCOC(CCNC(=NC)NCCCn1nc2n(c1=O)CCCC2)C(C)C. The smallest absolute Gasteiger partial charge is 0.345 e. The fraction of sp³-hybridized carbons (Fsp3) is 0.842. The summed E-state index contributed by atoms with van der Waals surface area (Å²) in [5, 5.41) is 11.1. The zero-order valence-corrected chi connectivity index (χ0v) is 17.3. The predicted octanol–water partition coefficient (Wildman–Crippen LogP) is 1.39. The van der Waals surface area contributed by atoms with E-state index in [2.05, 4.69) is 34.6 Å². The first-order chi connectivity index (χ1) is 13.1. The Kier molecular flexibility index (Phi) is 8.84. The quantitative estimate of drug-likeness (QED) is 0.364. The molecule has 0 saturated carbocycles. The molecule has 2 N–H and O–H groups in total. The number of ether oxygens (including phenoxy) is 1. The van der Waals surface area contributed by atoms with Gasteiger partial charge in [-0.1, -0.05) is 13.8 Å². The van der Waals surface area contributed by atoms with E-state index in [1.807, 2.05) is 11.5 Å². The van der Waals surface area contributed by atoms with Crippen LogP contribution >= 0.6 is 0 Å². The molecule has 1 atom stereocenters. The van der Waals surface area contributed by atoms with Crippen molar-refractivity contribution in [2.75, 3.05) is 26.7 Å². The van der Waals surface area contributed by atoms with Gasteiger partial charge in [0.15, 0.2) is 5.96 Å². The van der Waals surface area contributed by atoms with Crippen LogP contribution in [-0.2, 0) is 24.2 Å². The molecular formula is C19H36N6O2. The van der Waals surface area contributed by atoms with Crippen molar-refractivity contribution in [3.05, 3.63) is 16.3 Å². The zero-order valence-electron chi connectivity index (χ0n) is 17.3. The third-order valence-electron chi connectivity index (χ3n) is 4.94. The van der Waals surface area contributed by atoms with Gasteiger partial charge in [-0.05, 0) is 38.5 Å². The minimum absolute atomic E-state index is 0.0304. The third kappa shape index (κ3) is 6.37. The number of nitrogens with zero attached hydrogens (tertiary/aromatic N) is 4. The van der Waals surface area contributed by atoms with Crippen LogP contribution in [0.2, 0.25) is 0 Å². The van der Waals surface area contributed by atoms with E-state index >= 15 is 0 Å². The van der Waals surface area contributed by atoms with Crippen molar-refractivity contribution in [1.29, 1.82) is 0 Å². The Morgan fingerprint density at radius 2 is 2.07 bits per heavy atom. The van der Waals surface area contributed by atoms with Crippen LogP contribution in [0, 0.1) is 5.92 Å². The van der Waals surface area contributed by atoms with Crippen molar-refractivity contribution in [2.24, 2.45) is 10.9 Å². The van der Waals surface area contributed by atoms with Gasteiger partial charge in [-0.25, -0.2) is 9.48 Å². The van der Waals surface area contributed by atoms with E-state index in [0.29, 0.717) is 12.5 Å². The molecule has 27 heavy (non-hydrogen) atoms. The molecule has 8 nitrogen and oxygen atoms in total. The largest absolute Gasteiger partial charge is 0.378 e. The van der Waals surface area contributed by atoms with Gasteiger partial charge in [-0.3, -0.25) is 9.56 Å². The van der Waals surface area contributed by atoms with E-state index in [-0.39, 0.29) is 11.8 Å². The molecule has 1 aliphatic rings. The monoisotopic (exact) mass is 380 g/mol. The molecule has 2 rings (SSSR count). The highest BCUT2D eigenvalue weighted by Gasteiger charge is 2.16. The molecular weight excluding hydrogens is 344 g/mol. The normalized spacial score (nSPS) is 15.7. The zero-order chi connectivity index (χ0) is 19.6. The van der Waals surface area contributed by atoms with Crippen molar-refractivity contribution in [1.82, 2.24) is 25.0 Å². The summed E-state index contributed by atoms with van der Waals surface area (Å²) in [5.41, 5.74) is 0.0304. The fourth-order valence-electron chi connectivity index (χ4n) is 3.41. The van der Waals surface area contributed by atoms with Crippen LogP contribution in [0.1, 0.15) is 52.3 Å². The Bertz CT molecular complexity index is 649. The Morgan fingerprint density at radius 1 is 1.30 bits per heavy atom. The number of fused-ring (bicyclic) bond motifs is 1. The molecule has 0 fully saturated rings. The number of hydrogen-bond acceptors (Lipinski definition) is 4. The second-order valence-corrected chi connectivity index (χ2v) is 7.34. The van der Waals surface area contributed by atoms with Gasteiger partial charge in [0.05, 0.1) is 6.10 Å². The van der Waals surface area contributed by atoms with Crippen molar-refractivity contribution in [3.8, 4) is 0 Å². The molecule has 0 radical (unpaired) electrons. The Hall–Kier alpha value is -1.83. The summed E-state index contributed by atoms with van der Waals surface area (Å²) in [6.45, 7) is 10.1. The standard InChI is InChI=1S/C19H36N6O2/c1-5-27-16(15(2)3)10-12-22-18(20-4)21-11-8-14-25-19(26)24-13-7-6-9-17(24)23-25/h15-16H,5-14H2,1-4H3,(H2,20,21,22). The summed E-state index contributed by atoms with van der Waals surface area (Å²) in [7, 11) is 1.77. The molecule has 1 aromatic heterocycles. The molecule has 0 aliphatic carbocycles. The summed E-state index contributed by atoms with van der Waals surface area (Å²) in [6.07, 6.45) is 5.14. The second kappa shape index (κ2) is 11.1. The maximum atomic E-state index is 12.3. The highest BCUT2D eigenvalue weighted by Crippen LogP contribution is 2.10. The van der Waals surface area contributed by atoms with Gasteiger partial charge < -0.3 is 15.4 Å². The number of nitrogens with one attached hydrogen (secondary N) is 2. The fourth-order valence-corrected chi connectivity index (χ4v) is 3.41. The highest BCUT2D eigenvalue weighted by atomic mass is 16.5. The van der Waals surface area contributed by atoms with Crippen LogP contribution < -0.4 is 16.3 Å². The van der Waals surface area contributed by atoms with Gasteiger partial charge in [0.25, 0.3) is 0 Å². The lowest BCUT2D eigenvalue weighted by atomic mass is 10.0. The van der Waals surface area contributed by atoms with Gasteiger partial charge in [-0.2, -0.15) is 5.10 Å². The number of rotatable bonds is 10. The average Bonchev–Trinajstić information content (AvgIpc) is 2.98. The molecule has 8 heteroatoms. The molecule has 0 aromatic carbocycles. The van der Waals surface area contributed by atoms with Crippen molar-refractivity contribution in [2.45, 2.75) is 72.1 Å². The van der Waals surface area contributed by atoms with E-state index in [1.165, 1.54) is 0 Å². The molecule has 1 aromatic rings. The third-order valence-corrected chi connectivity index (χ3v) is 4.94. The summed E-state index contributed by atoms with van der Waals surface area (Å²) < 4.78 is 9.20. The lowest BCUT2D eigenvalue weighted by molar-refractivity contribution is 0.0258. The average molecular weight is 381 g/mol. The molecule has 0 bridgehead atoms. The Balaban J connectivity index is 1.69. The number of guanidine groups is 1. The maximum absolute atomic E-state index is 12.3. The highest BCUT2D eigenvalue weighted by molar-refractivity contribution is 5.79. The first kappa shape index (κ1) is 21.5. The van der Waals surface area contributed by atoms with Crippen molar-refractivity contribution < 1.29 is 4.74 Å². The van der Waals surface area contributed by atoms with Crippen LogP contribution in [0.25, 0.3) is 0 Å². The summed E-state index contributed by atoms with van der Waals surface area (Å²) in [6, 6.07) is 0. The van der Waals surface area contributed by atoms with E-state index < -0.39 is 0 Å². The van der Waals surface area contributed by atoms with E-state index in [0.717, 1.165) is 70.1 Å². The van der Waals surface area contributed by atoms with Crippen molar-refractivity contribution in [3.63, 3.8) is 0 Å². The first-order valence-corrected chi connectivity index (χ1v) is 10.3. The summed E-state index contributed by atoms with van der Waals surface area (Å²) in [5.74, 6) is 2.22. The van der Waals surface area contributed by atoms with Crippen LogP contribution in [-0.4, -0.2) is 53.2 Å². The summed E-state index contributed by atoms with van der Waals surface area (Å²) >= 11 is 0. The minimum Gasteiger partial charge on any atom is -0.378 e. The molecule has 1 aliphatic heterocycles. The first-order valence-electron chi connectivity index (χ1n) is 10.3. The predicted molar refractivity (Wildman–Crippen MR) is 108 cm³/mol. The molecule has 0 spiro atoms. The number of aryl methyl sites for hydroxylation is 2. The number of hydrogen-bond donors (Lipinski definition) is 2. The van der Waals surface area contributed by atoms with Crippen LogP contribution in [0.4, 0.5) is 0 Å². The lowest BCUT2D eigenvalue weighted by Gasteiger charge is -2.21. The van der Waals surface area contributed by atoms with Gasteiger partial charge in [0.1, 0.15) is 5.82 Å². The van der Waals surface area contributed by atoms with E-state index in [1.54, 1.807) is 11.7 Å². The van der Waals surface area contributed by atoms with Crippen LogP contribution in [0.3, 0.4) is 0 Å². The molecule has 1 unspecified atom stereocenters.